The van der Waals surface area contributed by atoms with Crippen LogP contribution in [0.2, 0.25) is 0 Å². The van der Waals surface area contributed by atoms with E-state index in [-0.39, 0.29) is 4.91 Å². The van der Waals surface area contributed by atoms with Crippen molar-refractivity contribution >= 4 is 46.8 Å². The molecule has 1 fully saturated rings. The Balaban J connectivity index is 2.05. The summed E-state index contributed by atoms with van der Waals surface area (Å²) in [6.45, 7) is 0. The number of hydrogen-bond acceptors (Lipinski definition) is 7. The minimum Gasteiger partial charge on any atom is -0.466 e. The number of methoxy groups -OCH3 is 1. The zero-order valence-electron chi connectivity index (χ0n) is 11.9. The van der Waals surface area contributed by atoms with Crippen LogP contribution in [0.1, 0.15) is 5.56 Å². The molecule has 0 spiro atoms. The number of amidine groups is 1. The van der Waals surface area contributed by atoms with Gasteiger partial charge in [-0.15, -0.1) is 16.9 Å². The van der Waals surface area contributed by atoms with Gasteiger partial charge in [-0.3, -0.25) is 10.1 Å². The molecule has 1 amide bonds. The van der Waals surface area contributed by atoms with E-state index in [9.17, 15) is 9.59 Å². The van der Waals surface area contributed by atoms with Crippen molar-refractivity contribution in [2.45, 2.75) is 4.90 Å². The molecule has 1 heterocycles. The zero-order chi connectivity index (χ0) is 15.9. The third-order valence-electron chi connectivity index (χ3n) is 2.55. The molecule has 1 aromatic rings. The lowest BCUT2D eigenvalue weighted by atomic mass is 10.2. The van der Waals surface area contributed by atoms with Crippen molar-refractivity contribution in [3.63, 3.8) is 0 Å². The summed E-state index contributed by atoms with van der Waals surface area (Å²) < 4.78 is 4.48. The van der Waals surface area contributed by atoms with Crippen molar-refractivity contribution in [3.05, 3.63) is 40.8 Å². The lowest BCUT2D eigenvalue weighted by Crippen LogP contribution is -2.19. The van der Waals surface area contributed by atoms with E-state index in [1.54, 1.807) is 18.0 Å². The first-order chi connectivity index (χ1) is 10.6. The van der Waals surface area contributed by atoms with Gasteiger partial charge in [0.2, 0.25) is 0 Å². The fourth-order valence-electron chi connectivity index (χ4n) is 1.51. The number of thioether (sulfide) groups is 2. The molecule has 1 N–H and O–H groups in total. The van der Waals surface area contributed by atoms with Crippen LogP contribution < -0.4 is 5.32 Å². The Labute approximate surface area is 136 Å². The second-order valence-corrected chi connectivity index (χ2v) is 5.92. The second kappa shape index (κ2) is 7.81. The fraction of sp³-hybridized carbons (Fsp3) is 0.143. The topological polar surface area (TPSA) is 80.1 Å². The van der Waals surface area contributed by atoms with E-state index in [1.807, 2.05) is 30.5 Å². The second-order valence-electron chi connectivity index (χ2n) is 4.01. The van der Waals surface area contributed by atoms with Crippen molar-refractivity contribution in [1.29, 1.82) is 0 Å². The van der Waals surface area contributed by atoms with Gasteiger partial charge in [0.1, 0.15) is 0 Å². The molecule has 1 aliphatic rings. The molecule has 2 rings (SSSR count). The van der Waals surface area contributed by atoms with Crippen LogP contribution in [0.3, 0.4) is 0 Å². The Bertz CT molecular complexity index is 684. The molecule has 0 radical (unpaired) electrons. The van der Waals surface area contributed by atoms with Gasteiger partial charge in [0.25, 0.3) is 5.91 Å². The number of ether oxygens (including phenoxy) is 1. The first-order valence-electron chi connectivity index (χ1n) is 6.16. The van der Waals surface area contributed by atoms with Gasteiger partial charge in [-0.1, -0.05) is 12.1 Å². The third-order valence-corrected chi connectivity index (χ3v) is 4.18. The number of nitrogens with one attached hydrogen (secondary N) is 1. The average Bonchev–Trinajstić information content (AvgIpc) is 2.87. The molecule has 1 aromatic carbocycles. The van der Waals surface area contributed by atoms with Crippen LogP contribution in [0.25, 0.3) is 0 Å². The Morgan fingerprint density at radius 3 is 3.00 bits per heavy atom. The summed E-state index contributed by atoms with van der Waals surface area (Å²) in [5, 5.41) is 10.7. The molecule has 0 bridgehead atoms. The largest absolute Gasteiger partial charge is 0.466 e. The molecule has 0 unspecified atom stereocenters. The normalized spacial score (nSPS) is 18.2. The predicted molar refractivity (Wildman–Crippen MR) is 89.1 cm³/mol. The van der Waals surface area contributed by atoms with Crippen LogP contribution in [0.5, 0.6) is 0 Å². The van der Waals surface area contributed by atoms with Crippen LogP contribution >= 0.6 is 23.5 Å². The molecule has 0 saturated carbocycles. The van der Waals surface area contributed by atoms with Gasteiger partial charge in [-0.05, 0) is 35.7 Å². The molecule has 114 valence electrons. The highest BCUT2D eigenvalue weighted by Crippen LogP contribution is 2.23. The highest BCUT2D eigenvalue weighted by atomic mass is 32.2. The minimum absolute atomic E-state index is 0.227. The van der Waals surface area contributed by atoms with E-state index in [0.29, 0.717) is 5.17 Å². The van der Waals surface area contributed by atoms with Crippen molar-refractivity contribution < 1.29 is 14.3 Å². The van der Waals surface area contributed by atoms with Gasteiger partial charge >= 0.3 is 5.97 Å². The standard InChI is InChI=1S/C14H13N3O3S2/c1-20-12(18)7-11-13(19)16-14(22-11)17-15-8-9-4-3-5-10(6-9)21-2/h3-8H,1-2H3,(H,16,17,19)/b11-7+,15-8?. The number of carbonyl (C=O) groups is 2. The molecule has 1 saturated heterocycles. The molecule has 0 atom stereocenters. The number of rotatable bonds is 4. The van der Waals surface area contributed by atoms with E-state index in [0.717, 1.165) is 28.3 Å². The molecule has 22 heavy (non-hydrogen) atoms. The number of esters is 1. The van der Waals surface area contributed by atoms with E-state index < -0.39 is 11.9 Å². The summed E-state index contributed by atoms with van der Waals surface area (Å²) in [5.41, 5.74) is 0.913. The summed E-state index contributed by atoms with van der Waals surface area (Å²) in [6.07, 6.45) is 4.71. The first kappa shape index (κ1) is 16.3. The smallest absolute Gasteiger partial charge is 0.331 e. The number of nitrogens with zero attached hydrogens (tertiary/aromatic N) is 2. The molecule has 6 nitrogen and oxygen atoms in total. The Morgan fingerprint density at radius 2 is 2.27 bits per heavy atom. The van der Waals surface area contributed by atoms with Crippen LogP contribution in [-0.4, -0.2) is 36.6 Å². The van der Waals surface area contributed by atoms with Crippen LogP contribution in [0, 0.1) is 0 Å². The van der Waals surface area contributed by atoms with Crippen molar-refractivity contribution in [2.75, 3.05) is 13.4 Å². The molecule has 0 aliphatic carbocycles. The van der Waals surface area contributed by atoms with E-state index >= 15 is 0 Å². The quantitative estimate of drug-likeness (QED) is 0.299. The number of hydrogen-bond donors (Lipinski definition) is 1. The van der Waals surface area contributed by atoms with E-state index in [2.05, 4.69) is 20.3 Å². The molecule has 8 heteroatoms. The maximum absolute atomic E-state index is 11.6. The Morgan fingerprint density at radius 1 is 1.45 bits per heavy atom. The Kier molecular flexibility index (Phi) is 5.79. The van der Waals surface area contributed by atoms with Gasteiger partial charge in [-0.2, -0.15) is 5.10 Å². The fourth-order valence-corrected chi connectivity index (χ4v) is 2.72. The summed E-state index contributed by atoms with van der Waals surface area (Å²) >= 11 is 2.68. The molecular formula is C14H13N3O3S2. The van der Waals surface area contributed by atoms with Gasteiger partial charge in [0, 0.05) is 11.0 Å². The van der Waals surface area contributed by atoms with Crippen LogP contribution in [0.15, 0.2) is 50.3 Å². The number of carbonyl (C=O) groups excluding carboxylic acids is 2. The maximum atomic E-state index is 11.6. The zero-order valence-corrected chi connectivity index (χ0v) is 13.5. The maximum Gasteiger partial charge on any atom is 0.331 e. The monoisotopic (exact) mass is 335 g/mol. The van der Waals surface area contributed by atoms with Gasteiger partial charge in [-0.25, -0.2) is 4.79 Å². The number of benzene rings is 1. The molecule has 1 aliphatic heterocycles. The lowest BCUT2D eigenvalue weighted by molar-refractivity contribution is -0.135. The van der Waals surface area contributed by atoms with Gasteiger partial charge in [0.05, 0.1) is 18.2 Å². The highest BCUT2D eigenvalue weighted by molar-refractivity contribution is 8.18. The summed E-state index contributed by atoms with van der Waals surface area (Å²) in [4.78, 5) is 24.1. The SMILES string of the molecule is COC(=O)/C=C1/S/C(=N\N=Cc2cccc(SC)c2)NC1=O. The highest BCUT2D eigenvalue weighted by Gasteiger charge is 2.24. The van der Waals surface area contributed by atoms with Crippen molar-refractivity contribution in [2.24, 2.45) is 10.2 Å². The van der Waals surface area contributed by atoms with E-state index in [4.69, 9.17) is 0 Å². The predicted octanol–water partition coefficient (Wildman–Crippen LogP) is 2.02. The van der Waals surface area contributed by atoms with Gasteiger partial charge < -0.3 is 4.74 Å². The van der Waals surface area contributed by atoms with Crippen molar-refractivity contribution in [3.8, 4) is 0 Å². The lowest BCUT2D eigenvalue weighted by Gasteiger charge is -1.96. The summed E-state index contributed by atoms with van der Waals surface area (Å²) in [5.74, 6) is -0.981. The first-order valence-corrected chi connectivity index (χ1v) is 8.20. The van der Waals surface area contributed by atoms with E-state index in [1.165, 1.54) is 7.11 Å². The number of amides is 1. The molecule has 0 aromatic heterocycles. The summed E-state index contributed by atoms with van der Waals surface area (Å²) in [6, 6.07) is 7.83. The van der Waals surface area contributed by atoms with Crippen LogP contribution in [0.4, 0.5) is 0 Å². The third kappa shape index (κ3) is 4.47. The summed E-state index contributed by atoms with van der Waals surface area (Å²) in [7, 11) is 1.25. The van der Waals surface area contributed by atoms with Gasteiger partial charge in [0.15, 0.2) is 5.17 Å². The van der Waals surface area contributed by atoms with Crippen LogP contribution in [-0.2, 0) is 14.3 Å². The average molecular weight is 335 g/mol. The van der Waals surface area contributed by atoms with Crippen molar-refractivity contribution in [1.82, 2.24) is 5.32 Å². The Hall–Kier alpha value is -2.06. The minimum atomic E-state index is -0.587. The molecular weight excluding hydrogens is 322 g/mol.